The Morgan fingerprint density at radius 1 is 0.409 bits per heavy atom. The fraction of sp³-hybridized carbons (Fsp3) is 0.902. The molecule has 0 aromatic heterocycles. The van der Waals surface area contributed by atoms with E-state index in [1.54, 1.807) is 0 Å². The molecular formula is C41H81NO2. The molecule has 0 saturated carbocycles. The molecule has 0 bridgehead atoms. The number of allylic oxidation sites excluding steroid dienone is 4. The number of hydrogen-bond donors (Lipinski definition) is 0. The zero-order valence-corrected chi connectivity index (χ0v) is 30.9. The van der Waals surface area contributed by atoms with Crippen LogP contribution in [0.3, 0.4) is 0 Å². The largest absolute Gasteiger partial charge is 0.374 e. The van der Waals surface area contributed by atoms with Crippen molar-refractivity contribution in [3.05, 3.63) is 24.3 Å². The maximum absolute atomic E-state index is 6.25. The molecule has 3 nitrogen and oxygen atoms in total. The Bertz CT molecular complexity index is 587. The predicted octanol–water partition coefficient (Wildman–Crippen LogP) is 13.4. The number of likely N-dealkylation sites (N-methyl/N-ethyl adjacent to an activating group) is 1. The highest BCUT2D eigenvalue weighted by Crippen LogP contribution is 2.14. The molecular weight excluding hydrogens is 538 g/mol. The van der Waals surface area contributed by atoms with E-state index in [4.69, 9.17) is 9.47 Å². The van der Waals surface area contributed by atoms with Crippen LogP contribution in [-0.4, -0.2) is 44.5 Å². The van der Waals surface area contributed by atoms with Crippen LogP contribution >= 0.6 is 0 Å². The van der Waals surface area contributed by atoms with Gasteiger partial charge in [-0.2, -0.15) is 0 Å². The fourth-order valence-electron chi connectivity index (χ4n) is 5.96. The zero-order chi connectivity index (χ0) is 32.2. The van der Waals surface area contributed by atoms with Crippen LogP contribution in [0, 0.1) is 0 Å². The topological polar surface area (TPSA) is 21.7 Å². The van der Waals surface area contributed by atoms with Gasteiger partial charge in [0, 0.05) is 13.2 Å². The monoisotopic (exact) mass is 620 g/mol. The van der Waals surface area contributed by atoms with E-state index < -0.39 is 0 Å². The molecule has 0 aliphatic rings. The first-order valence-electron chi connectivity index (χ1n) is 19.8. The molecule has 0 saturated heterocycles. The second kappa shape index (κ2) is 36.8. The maximum atomic E-state index is 6.25. The highest BCUT2D eigenvalue weighted by Gasteiger charge is 2.20. The van der Waals surface area contributed by atoms with Crippen molar-refractivity contribution in [2.24, 2.45) is 0 Å². The van der Waals surface area contributed by atoms with E-state index in [9.17, 15) is 0 Å². The van der Waals surface area contributed by atoms with Crippen molar-refractivity contribution in [3.8, 4) is 0 Å². The van der Waals surface area contributed by atoms with Crippen molar-refractivity contribution >= 4 is 0 Å². The second-order valence-corrected chi connectivity index (χ2v) is 13.7. The molecule has 0 aromatic rings. The van der Waals surface area contributed by atoms with E-state index in [0.29, 0.717) is 0 Å². The maximum Gasteiger partial charge on any atom is 0.136 e. The Labute approximate surface area is 278 Å². The van der Waals surface area contributed by atoms with Gasteiger partial charge >= 0.3 is 0 Å². The van der Waals surface area contributed by atoms with Gasteiger partial charge in [0.05, 0.1) is 6.10 Å². The molecule has 0 spiro atoms. The molecule has 2 unspecified atom stereocenters. The van der Waals surface area contributed by atoms with Crippen LogP contribution in [-0.2, 0) is 9.47 Å². The molecule has 0 N–H and O–H groups in total. The van der Waals surface area contributed by atoms with E-state index in [1.165, 1.54) is 167 Å². The summed E-state index contributed by atoms with van der Waals surface area (Å²) < 4.78 is 12.4. The number of ether oxygens (including phenoxy) is 2. The third-order valence-corrected chi connectivity index (χ3v) is 8.89. The van der Waals surface area contributed by atoms with Gasteiger partial charge in [0.15, 0.2) is 0 Å². The number of unbranched alkanes of at least 4 members (excludes halogenated alkanes) is 24. The van der Waals surface area contributed by atoms with Gasteiger partial charge in [-0.05, 0) is 85.2 Å². The van der Waals surface area contributed by atoms with Crippen molar-refractivity contribution in [2.75, 3.05) is 27.3 Å². The number of rotatable bonds is 36. The third kappa shape index (κ3) is 32.7. The summed E-state index contributed by atoms with van der Waals surface area (Å²) in [5.74, 6) is 0. The molecule has 0 aromatic carbocycles. The summed E-state index contributed by atoms with van der Waals surface area (Å²) in [6, 6.07) is 0. The Morgan fingerprint density at radius 3 is 1.05 bits per heavy atom. The minimum Gasteiger partial charge on any atom is -0.374 e. The lowest BCUT2D eigenvalue weighted by Crippen LogP contribution is -2.41. The van der Waals surface area contributed by atoms with Gasteiger partial charge in [-0.1, -0.05) is 154 Å². The van der Waals surface area contributed by atoms with Crippen LogP contribution in [0.1, 0.15) is 201 Å². The van der Waals surface area contributed by atoms with Gasteiger partial charge < -0.3 is 9.47 Å². The van der Waals surface area contributed by atoms with E-state index >= 15 is 0 Å². The molecule has 0 fully saturated rings. The second-order valence-electron chi connectivity index (χ2n) is 13.7. The number of hydrogen-bond acceptors (Lipinski definition) is 3. The normalized spacial score (nSPS) is 13.6. The quantitative estimate of drug-likeness (QED) is 0.0395. The summed E-state index contributed by atoms with van der Waals surface area (Å²) in [5.41, 5.74) is 0. The van der Waals surface area contributed by atoms with Gasteiger partial charge in [0.1, 0.15) is 6.23 Å². The fourth-order valence-corrected chi connectivity index (χ4v) is 5.96. The molecule has 0 rings (SSSR count). The average Bonchev–Trinajstić information content (AvgIpc) is 3.01. The molecule has 0 aliphatic heterocycles. The van der Waals surface area contributed by atoms with Crippen LogP contribution in [0.15, 0.2) is 24.3 Å². The Balaban J connectivity index is 3.56. The van der Waals surface area contributed by atoms with Crippen LogP contribution in [0.2, 0.25) is 0 Å². The molecule has 0 radical (unpaired) electrons. The van der Waals surface area contributed by atoms with Crippen molar-refractivity contribution < 1.29 is 9.47 Å². The van der Waals surface area contributed by atoms with Gasteiger partial charge in [0.2, 0.25) is 0 Å². The Kier molecular flexibility index (Phi) is 36.3. The van der Waals surface area contributed by atoms with Crippen LogP contribution in [0.25, 0.3) is 0 Å². The molecule has 0 heterocycles. The van der Waals surface area contributed by atoms with Gasteiger partial charge in [-0.25, -0.2) is 0 Å². The van der Waals surface area contributed by atoms with E-state index in [2.05, 4.69) is 64.1 Å². The zero-order valence-electron chi connectivity index (χ0n) is 30.9. The van der Waals surface area contributed by atoms with Gasteiger partial charge in [0.25, 0.3) is 0 Å². The van der Waals surface area contributed by atoms with E-state index in [0.717, 1.165) is 26.1 Å². The molecule has 262 valence electrons. The van der Waals surface area contributed by atoms with Gasteiger partial charge in [-0.3, -0.25) is 4.90 Å². The summed E-state index contributed by atoms with van der Waals surface area (Å²) in [6.45, 7) is 8.44. The first-order chi connectivity index (χ1) is 21.6. The van der Waals surface area contributed by atoms with Crippen molar-refractivity contribution in [3.63, 3.8) is 0 Å². The Hall–Kier alpha value is -0.640. The smallest absolute Gasteiger partial charge is 0.136 e. The van der Waals surface area contributed by atoms with E-state index in [-0.39, 0.29) is 12.3 Å². The number of nitrogens with zero attached hydrogens (tertiary/aromatic N) is 1. The van der Waals surface area contributed by atoms with E-state index in [1.807, 2.05) is 0 Å². The summed E-state index contributed by atoms with van der Waals surface area (Å²) in [6.07, 6.45) is 47.4. The highest BCUT2D eigenvalue weighted by atomic mass is 16.5. The minimum absolute atomic E-state index is 0.0484. The summed E-state index contributed by atoms with van der Waals surface area (Å²) in [5, 5.41) is 0. The average molecular weight is 620 g/mol. The molecule has 0 aliphatic carbocycles. The third-order valence-electron chi connectivity index (χ3n) is 8.89. The first-order valence-corrected chi connectivity index (χ1v) is 19.8. The Morgan fingerprint density at radius 2 is 0.705 bits per heavy atom. The van der Waals surface area contributed by atoms with Gasteiger partial charge in [-0.15, -0.1) is 0 Å². The summed E-state index contributed by atoms with van der Waals surface area (Å²) in [7, 11) is 4.22. The van der Waals surface area contributed by atoms with Crippen LogP contribution in [0.4, 0.5) is 0 Å². The van der Waals surface area contributed by atoms with Crippen molar-refractivity contribution in [2.45, 2.75) is 213 Å². The summed E-state index contributed by atoms with van der Waals surface area (Å²) >= 11 is 0. The van der Waals surface area contributed by atoms with Crippen LogP contribution < -0.4 is 0 Å². The van der Waals surface area contributed by atoms with Crippen molar-refractivity contribution in [1.29, 1.82) is 0 Å². The first kappa shape index (κ1) is 43.4. The lowest BCUT2D eigenvalue weighted by Gasteiger charge is -2.30. The predicted molar refractivity (Wildman–Crippen MR) is 198 cm³/mol. The SMILES string of the molecule is CCCCCCCCC=CCCCCCCCCOC(C)C(OCCCCCCCCC=CCCCCCCCC)N(C)C. The standard InChI is InChI=1S/C41H81NO2/c1-6-8-10-12-14-16-18-20-22-24-26-28-30-32-34-36-38-43-40(3)41(42(4)5)44-39-37-35-33-31-29-27-25-23-21-19-17-15-13-11-9-7-2/h20-23,40-41H,6-19,24-39H2,1-5H3. The highest BCUT2D eigenvalue weighted by molar-refractivity contribution is 4.82. The summed E-state index contributed by atoms with van der Waals surface area (Å²) in [4.78, 5) is 2.17. The molecule has 0 amide bonds. The molecule has 2 atom stereocenters. The molecule has 3 heteroatoms. The van der Waals surface area contributed by atoms with Crippen LogP contribution in [0.5, 0.6) is 0 Å². The minimum atomic E-state index is 0.0484. The molecule has 44 heavy (non-hydrogen) atoms. The lowest BCUT2D eigenvalue weighted by molar-refractivity contribution is -0.125. The lowest BCUT2D eigenvalue weighted by atomic mass is 10.1. The van der Waals surface area contributed by atoms with Crippen molar-refractivity contribution in [1.82, 2.24) is 4.90 Å².